The number of nitrogens with zero attached hydrogens (tertiary/aromatic N) is 3. The van der Waals surface area contributed by atoms with Crippen LogP contribution in [0.4, 0.5) is 0 Å². The highest BCUT2D eigenvalue weighted by Crippen LogP contribution is 2.41. The quantitative estimate of drug-likeness (QED) is 0.908. The van der Waals surface area contributed by atoms with Crippen LogP contribution in [0, 0.1) is 11.3 Å². The Bertz CT molecular complexity index is 561. The topological polar surface area (TPSA) is 59.4 Å². The zero-order valence-corrected chi connectivity index (χ0v) is 15.1. The van der Waals surface area contributed by atoms with E-state index >= 15 is 0 Å². The number of aromatic nitrogens is 2. The molecule has 0 radical (unpaired) electrons. The first-order valence-electron chi connectivity index (χ1n) is 9.06. The molecule has 2 aliphatic heterocycles. The highest BCUT2D eigenvalue weighted by molar-refractivity contribution is 5.78. The van der Waals surface area contributed by atoms with Gasteiger partial charge < -0.3 is 10.1 Å². The molecule has 2 fully saturated rings. The van der Waals surface area contributed by atoms with E-state index in [4.69, 9.17) is 4.74 Å². The summed E-state index contributed by atoms with van der Waals surface area (Å²) in [6.07, 6.45) is 7.34. The van der Waals surface area contributed by atoms with E-state index in [2.05, 4.69) is 21.5 Å². The van der Waals surface area contributed by atoms with Gasteiger partial charge in [0.25, 0.3) is 0 Å². The number of piperidine rings is 1. The van der Waals surface area contributed by atoms with Gasteiger partial charge in [-0.2, -0.15) is 5.10 Å². The summed E-state index contributed by atoms with van der Waals surface area (Å²) < 4.78 is 7.53. The molecule has 0 saturated carbocycles. The molecule has 1 atom stereocenters. The molecular formula is C18H30N4O2. The molecule has 1 amide bonds. The van der Waals surface area contributed by atoms with Crippen molar-refractivity contribution in [2.75, 3.05) is 26.3 Å². The van der Waals surface area contributed by atoms with Gasteiger partial charge in [-0.3, -0.25) is 14.4 Å². The Balaban J connectivity index is 1.60. The van der Waals surface area contributed by atoms with Crippen molar-refractivity contribution in [1.29, 1.82) is 0 Å². The number of amides is 1. The Morgan fingerprint density at radius 3 is 2.79 bits per heavy atom. The van der Waals surface area contributed by atoms with E-state index in [-0.39, 0.29) is 23.3 Å². The molecule has 6 nitrogen and oxygen atoms in total. The number of ether oxygens (including phenoxy) is 1. The maximum atomic E-state index is 12.2. The molecule has 6 heteroatoms. The predicted octanol–water partition coefficient (Wildman–Crippen LogP) is 1.56. The number of carbonyl (C=O) groups is 1. The maximum Gasteiger partial charge on any atom is 0.222 e. The number of rotatable bonds is 4. The molecule has 0 aromatic carbocycles. The van der Waals surface area contributed by atoms with Crippen molar-refractivity contribution in [3.63, 3.8) is 0 Å². The molecule has 2 aliphatic rings. The van der Waals surface area contributed by atoms with Crippen molar-refractivity contribution >= 4 is 5.91 Å². The summed E-state index contributed by atoms with van der Waals surface area (Å²) in [5.74, 6) is 0.164. The first kappa shape index (κ1) is 17.4. The predicted molar refractivity (Wildman–Crippen MR) is 92.4 cm³/mol. The molecule has 2 saturated heterocycles. The molecule has 1 aromatic heterocycles. The zero-order chi connectivity index (χ0) is 17.2. The number of hydrogen-bond acceptors (Lipinski definition) is 4. The van der Waals surface area contributed by atoms with E-state index in [1.807, 2.05) is 31.8 Å². The minimum absolute atomic E-state index is 0.0228. The van der Waals surface area contributed by atoms with Crippen LogP contribution in [-0.4, -0.2) is 52.9 Å². The van der Waals surface area contributed by atoms with Gasteiger partial charge in [0, 0.05) is 37.9 Å². The molecule has 0 unspecified atom stereocenters. The van der Waals surface area contributed by atoms with Crippen LogP contribution in [0.2, 0.25) is 0 Å². The summed E-state index contributed by atoms with van der Waals surface area (Å²) in [6, 6.07) is 0.154. The zero-order valence-electron chi connectivity index (χ0n) is 15.1. The number of likely N-dealkylation sites (tertiary alicyclic amines) is 1. The van der Waals surface area contributed by atoms with Crippen LogP contribution in [0.25, 0.3) is 0 Å². The Morgan fingerprint density at radius 1 is 1.42 bits per heavy atom. The minimum Gasteiger partial charge on any atom is -0.379 e. The third-order valence-electron chi connectivity index (χ3n) is 5.63. The Kier molecular flexibility index (Phi) is 5.25. The van der Waals surface area contributed by atoms with Crippen LogP contribution >= 0.6 is 0 Å². The number of hydrogen-bond donors (Lipinski definition) is 1. The second-order valence-electron chi connectivity index (χ2n) is 7.70. The highest BCUT2D eigenvalue weighted by atomic mass is 16.5. The van der Waals surface area contributed by atoms with E-state index in [0.717, 1.165) is 45.5 Å². The Hall–Kier alpha value is -1.40. The van der Waals surface area contributed by atoms with Gasteiger partial charge in [0.2, 0.25) is 5.91 Å². The summed E-state index contributed by atoms with van der Waals surface area (Å²) in [5.41, 5.74) is 1.47. The molecule has 1 aromatic rings. The first-order valence-corrected chi connectivity index (χ1v) is 9.06. The fourth-order valence-electron chi connectivity index (χ4n) is 3.93. The average molecular weight is 334 g/mol. The van der Waals surface area contributed by atoms with Gasteiger partial charge in [-0.15, -0.1) is 0 Å². The van der Waals surface area contributed by atoms with Gasteiger partial charge in [-0.05, 0) is 37.8 Å². The van der Waals surface area contributed by atoms with Crippen molar-refractivity contribution < 1.29 is 9.53 Å². The van der Waals surface area contributed by atoms with E-state index in [1.54, 1.807) is 0 Å². The van der Waals surface area contributed by atoms with Crippen molar-refractivity contribution in [2.24, 2.45) is 18.4 Å². The van der Waals surface area contributed by atoms with Gasteiger partial charge in [0.1, 0.15) is 0 Å². The molecule has 1 N–H and O–H groups in total. The molecule has 3 rings (SSSR count). The monoisotopic (exact) mass is 334 g/mol. The average Bonchev–Trinajstić information content (AvgIpc) is 2.97. The van der Waals surface area contributed by atoms with Crippen molar-refractivity contribution in [3.05, 3.63) is 18.0 Å². The summed E-state index contributed by atoms with van der Waals surface area (Å²) in [7, 11) is 1.96. The molecular weight excluding hydrogens is 304 g/mol. The Labute approximate surface area is 144 Å². The lowest BCUT2D eigenvalue weighted by atomic mass is 9.69. The van der Waals surface area contributed by atoms with Gasteiger partial charge >= 0.3 is 0 Å². The molecule has 3 heterocycles. The summed E-state index contributed by atoms with van der Waals surface area (Å²) in [5, 5.41) is 7.50. The lowest BCUT2D eigenvalue weighted by molar-refractivity contribution is -0.129. The lowest BCUT2D eigenvalue weighted by Gasteiger charge is -2.49. The van der Waals surface area contributed by atoms with Crippen LogP contribution in [-0.2, 0) is 23.1 Å². The van der Waals surface area contributed by atoms with E-state index in [1.165, 1.54) is 5.56 Å². The maximum absolute atomic E-state index is 12.2. The van der Waals surface area contributed by atoms with Gasteiger partial charge in [-0.1, -0.05) is 13.8 Å². The fraction of sp³-hybridized carbons (Fsp3) is 0.778. The SMILES string of the molecule is CC(C)C(=O)N[C@@H]1COCCC12CCN(Cc1cnn(C)c1)CC2. The molecule has 24 heavy (non-hydrogen) atoms. The van der Waals surface area contributed by atoms with Gasteiger partial charge in [0.15, 0.2) is 0 Å². The van der Waals surface area contributed by atoms with Gasteiger partial charge in [-0.25, -0.2) is 0 Å². The van der Waals surface area contributed by atoms with E-state index < -0.39 is 0 Å². The molecule has 134 valence electrons. The van der Waals surface area contributed by atoms with Crippen LogP contribution < -0.4 is 5.32 Å². The summed E-state index contributed by atoms with van der Waals surface area (Å²) in [4.78, 5) is 14.7. The second kappa shape index (κ2) is 7.23. The van der Waals surface area contributed by atoms with Crippen LogP contribution in [0.5, 0.6) is 0 Å². The Morgan fingerprint density at radius 2 is 2.17 bits per heavy atom. The lowest BCUT2D eigenvalue weighted by Crippen LogP contribution is -2.58. The second-order valence-corrected chi connectivity index (χ2v) is 7.70. The highest BCUT2D eigenvalue weighted by Gasteiger charge is 2.44. The van der Waals surface area contributed by atoms with Crippen LogP contribution in [0.3, 0.4) is 0 Å². The largest absolute Gasteiger partial charge is 0.379 e. The summed E-state index contributed by atoms with van der Waals surface area (Å²) >= 11 is 0. The van der Waals surface area contributed by atoms with E-state index in [0.29, 0.717) is 6.61 Å². The smallest absolute Gasteiger partial charge is 0.222 e. The van der Waals surface area contributed by atoms with Gasteiger partial charge in [0.05, 0.1) is 18.8 Å². The molecule has 1 spiro atoms. The number of carbonyl (C=O) groups excluding carboxylic acids is 1. The number of aryl methyl sites for hydroxylation is 1. The van der Waals surface area contributed by atoms with Crippen LogP contribution in [0.1, 0.15) is 38.7 Å². The standard InChI is InChI=1S/C18H30N4O2/c1-14(2)17(23)20-16-13-24-9-6-18(16)4-7-22(8-5-18)12-15-10-19-21(3)11-15/h10-11,14,16H,4-9,12-13H2,1-3H3,(H,20,23)/t16-/m1/s1. The van der Waals surface area contributed by atoms with Crippen molar-refractivity contribution in [2.45, 2.75) is 45.7 Å². The molecule has 0 aliphatic carbocycles. The fourth-order valence-corrected chi connectivity index (χ4v) is 3.93. The van der Waals surface area contributed by atoms with E-state index in [9.17, 15) is 4.79 Å². The normalized spacial score (nSPS) is 24.4. The van der Waals surface area contributed by atoms with Crippen LogP contribution in [0.15, 0.2) is 12.4 Å². The summed E-state index contributed by atoms with van der Waals surface area (Å²) in [6.45, 7) is 8.47. The third kappa shape index (κ3) is 3.81. The van der Waals surface area contributed by atoms with Crippen molar-refractivity contribution in [1.82, 2.24) is 20.0 Å². The third-order valence-corrected chi connectivity index (χ3v) is 5.63. The molecule has 0 bridgehead atoms. The number of nitrogens with one attached hydrogen (secondary N) is 1. The van der Waals surface area contributed by atoms with Crippen molar-refractivity contribution in [3.8, 4) is 0 Å². The first-order chi connectivity index (χ1) is 11.5. The minimum atomic E-state index is 0.0228.